The van der Waals surface area contributed by atoms with Crippen molar-refractivity contribution in [2.24, 2.45) is 0 Å². The highest BCUT2D eigenvalue weighted by Crippen LogP contribution is 2.17. The molecule has 2 aromatic rings. The minimum atomic E-state index is -0.589. The van der Waals surface area contributed by atoms with Gasteiger partial charge in [0.25, 0.3) is 5.91 Å². The summed E-state index contributed by atoms with van der Waals surface area (Å²) in [6, 6.07) is 7.01. The molecular weight excluding hydrogens is 258 g/mol. The zero-order valence-electron chi connectivity index (χ0n) is 11.0. The molecule has 1 aliphatic heterocycles. The third-order valence-corrected chi connectivity index (χ3v) is 3.49. The number of carbonyl (C=O) groups excluding carboxylic acids is 1. The van der Waals surface area contributed by atoms with Gasteiger partial charge in [-0.1, -0.05) is 17.3 Å². The van der Waals surface area contributed by atoms with Crippen molar-refractivity contribution >= 4 is 5.91 Å². The summed E-state index contributed by atoms with van der Waals surface area (Å²) in [7, 11) is 0. The Labute approximate surface area is 115 Å². The van der Waals surface area contributed by atoms with Crippen LogP contribution in [0.1, 0.15) is 29.6 Å². The number of aromatic nitrogens is 2. The molecule has 0 bridgehead atoms. The fraction of sp³-hybridized carbons (Fsp3) is 0.357. The Hall–Kier alpha value is -2.37. The van der Waals surface area contributed by atoms with E-state index in [1.54, 1.807) is 24.3 Å². The molecule has 0 radical (unpaired) electrons. The SMILES string of the molecule is O=C(c1ccc(-c2noc(=O)[nH]2)cc1)N1CCCCC1. The lowest BCUT2D eigenvalue weighted by atomic mass is 10.1. The van der Waals surface area contributed by atoms with Gasteiger partial charge < -0.3 is 4.90 Å². The zero-order valence-corrected chi connectivity index (χ0v) is 11.0. The lowest BCUT2D eigenvalue weighted by Crippen LogP contribution is -2.35. The molecule has 1 saturated heterocycles. The van der Waals surface area contributed by atoms with Gasteiger partial charge in [-0.05, 0) is 31.4 Å². The van der Waals surface area contributed by atoms with Gasteiger partial charge in [0.05, 0.1) is 0 Å². The van der Waals surface area contributed by atoms with Crippen molar-refractivity contribution in [1.82, 2.24) is 15.0 Å². The van der Waals surface area contributed by atoms with Gasteiger partial charge in [-0.3, -0.25) is 14.3 Å². The number of rotatable bonds is 2. The lowest BCUT2D eigenvalue weighted by molar-refractivity contribution is 0.0724. The molecule has 2 heterocycles. The summed E-state index contributed by atoms with van der Waals surface area (Å²) in [5.41, 5.74) is 1.37. The standard InChI is InChI=1S/C14H15N3O3/c18-13(17-8-2-1-3-9-17)11-6-4-10(5-7-11)12-15-14(19)20-16-12/h4-7H,1-3,8-9H2,(H,15,16,19). The van der Waals surface area contributed by atoms with Gasteiger partial charge in [-0.15, -0.1) is 0 Å². The molecule has 1 aromatic carbocycles. The predicted molar refractivity (Wildman–Crippen MR) is 72.3 cm³/mol. The molecular formula is C14H15N3O3. The van der Waals surface area contributed by atoms with Crippen molar-refractivity contribution in [3.05, 3.63) is 40.4 Å². The van der Waals surface area contributed by atoms with Gasteiger partial charge >= 0.3 is 5.76 Å². The molecule has 1 fully saturated rings. The maximum Gasteiger partial charge on any atom is 0.439 e. The Morgan fingerprint density at radius 1 is 1.15 bits per heavy atom. The summed E-state index contributed by atoms with van der Waals surface area (Å²) in [5, 5.41) is 3.61. The van der Waals surface area contributed by atoms with Gasteiger partial charge in [-0.25, -0.2) is 4.79 Å². The number of nitrogens with one attached hydrogen (secondary N) is 1. The van der Waals surface area contributed by atoms with E-state index in [2.05, 4.69) is 14.7 Å². The number of nitrogens with zero attached hydrogens (tertiary/aromatic N) is 2. The highest BCUT2D eigenvalue weighted by atomic mass is 16.5. The number of benzene rings is 1. The first-order valence-corrected chi connectivity index (χ1v) is 6.70. The molecule has 0 atom stereocenters. The Balaban J connectivity index is 1.78. The van der Waals surface area contributed by atoms with Crippen LogP contribution in [0.5, 0.6) is 0 Å². The molecule has 1 aliphatic rings. The summed E-state index contributed by atoms with van der Waals surface area (Å²) in [5.74, 6) is -0.162. The average molecular weight is 273 g/mol. The van der Waals surface area contributed by atoms with Crippen LogP contribution in [0.25, 0.3) is 11.4 Å². The minimum absolute atomic E-state index is 0.0601. The van der Waals surface area contributed by atoms with E-state index in [1.807, 2.05) is 4.90 Å². The highest BCUT2D eigenvalue weighted by Gasteiger charge is 2.18. The van der Waals surface area contributed by atoms with Crippen molar-refractivity contribution in [2.45, 2.75) is 19.3 Å². The van der Waals surface area contributed by atoms with E-state index in [0.29, 0.717) is 17.0 Å². The normalized spacial score (nSPS) is 15.3. The molecule has 0 aliphatic carbocycles. The quantitative estimate of drug-likeness (QED) is 0.902. The second-order valence-electron chi connectivity index (χ2n) is 4.87. The first kappa shape index (κ1) is 12.7. The van der Waals surface area contributed by atoms with Gasteiger partial charge in [-0.2, -0.15) is 0 Å². The zero-order chi connectivity index (χ0) is 13.9. The fourth-order valence-corrected chi connectivity index (χ4v) is 2.40. The maximum absolute atomic E-state index is 12.3. The Kier molecular flexibility index (Phi) is 3.37. The minimum Gasteiger partial charge on any atom is -0.339 e. The molecule has 1 N–H and O–H groups in total. The smallest absolute Gasteiger partial charge is 0.339 e. The van der Waals surface area contributed by atoms with Gasteiger partial charge in [0.15, 0.2) is 5.82 Å². The van der Waals surface area contributed by atoms with Crippen LogP contribution in [-0.2, 0) is 0 Å². The lowest BCUT2D eigenvalue weighted by Gasteiger charge is -2.26. The van der Waals surface area contributed by atoms with Crippen LogP contribution in [0.2, 0.25) is 0 Å². The van der Waals surface area contributed by atoms with Gasteiger partial charge in [0.1, 0.15) is 0 Å². The van der Waals surface area contributed by atoms with Crippen LogP contribution >= 0.6 is 0 Å². The van der Waals surface area contributed by atoms with Crippen LogP contribution in [0.4, 0.5) is 0 Å². The number of carbonyl (C=O) groups is 1. The molecule has 0 saturated carbocycles. The van der Waals surface area contributed by atoms with Crippen LogP contribution < -0.4 is 5.76 Å². The molecule has 104 valence electrons. The largest absolute Gasteiger partial charge is 0.439 e. The Morgan fingerprint density at radius 2 is 1.85 bits per heavy atom. The molecule has 1 amide bonds. The predicted octanol–water partition coefficient (Wildman–Crippen LogP) is 1.66. The van der Waals surface area contributed by atoms with E-state index in [0.717, 1.165) is 25.9 Å². The van der Waals surface area contributed by atoms with Crippen molar-refractivity contribution < 1.29 is 9.32 Å². The number of piperidine rings is 1. The molecule has 6 nitrogen and oxygen atoms in total. The topological polar surface area (TPSA) is 79.2 Å². The van der Waals surface area contributed by atoms with Crippen molar-refractivity contribution in [3.8, 4) is 11.4 Å². The Bertz CT molecular complexity index is 651. The molecule has 20 heavy (non-hydrogen) atoms. The number of hydrogen-bond donors (Lipinski definition) is 1. The van der Waals surface area contributed by atoms with Crippen molar-refractivity contribution in [1.29, 1.82) is 0 Å². The van der Waals surface area contributed by atoms with Crippen LogP contribution in [-0.4, -0.2) is 34.0 Å². The average Bonchev–Trinajstić information content (AvgIpc) is 2.94. The third-order valence-electron chi connectivity index (χ3n) is 3.49. The number of aromatic amines is 1. The van der Waals surface area contributed by atoms with Crippen LogP contribution in [0.15, 0.2) is 33.6 Å². The maximum atomic E-state index is 12.3. The number of amides is 1. The number of likely N-dealkylation sites (tertiary alicyclic amines) is 1. The molecule has 1 aromatic heterocycles. The summed E-state index contributed by atoms with van der Waals surface area (Å²) in [6.07, 6.45) is 3.34. The van der Waals surface area contributed by atoms with Crippen molar-refractivity contribution in [2.75, 3.05) is 13.1 Å². The van der Waals surface area contributed by atoms with E-state index >= 15 is 0 Å². The monoisotopic (exact) mass is 273 g/mol. The third kappa shape index (κ3) is 2.49. The molecule has 0 unspecified atom stereocenters. The van der Waals surface area contributed by atoms with E-state index in [4.69, 9.17) is 0 Å². The summed E-state index contributed by atoms with van der Waals surface area (Å²) >= 11 is 0. The van der Waals surface area contributed by atoms with Gasteiger partial charge in [0, 0.05) is 24.2 Å². The summed E-state index contributed by atoms with van der Waals surface area (Å²) in [6.45, 7) is 1.66. The van der Waals surface area contributed by atoms with E-state index < -0.39 is 5.76 Å². The van der Waals surface area contributed by atoms with Crippen LogP contribution in [0.3, 0.4) is 0 Å². The Morgan fingerprint density at radius 3 is 2.45 bits per heavy atom. The first-order chi connectivity index (χ1) is 9.74. The van der Waals surface area contributed by atoms with Crippen LogP contribution in [0, 0.1) is 0 Å². The highest BCUT2D eigenvalue weighted by molar-refractivity contribution is 5.94. The first-order valence-electron chi connectivity index (χ1n) is 6.70. The summed E-state index contributed by atoms with van der Waals surface area (Å²) in [4.78, 5) is 27.5. The fourth-order valence-electron chi connectivity index (χ4n) is 2.40. The van der Waals surface area contributed by atoms with E-state index in [-0.39, 0.29) is 5.91 Å². The second kappa shape index (κ2) is 5.32. The number of H-pyrrole nitrogens is 1. The van der Waals surface area contributed by atoms with Crippen molar-refractivity contribution in [3.63, 3.8) is 0 Å². The molecule has 6 heteroatoms. The molecule has 0 spiro atoms. The summed E-state index contributed by atoms with van der Waals surface area (Å²) < 4.78 is 4.46. The van der Waals surface area contributed by atoms with Gasteiger partial charge in [0.2, 0.25) is 0 Å². The van der Waals surface area contributed by atoms with E-state index in [9.17, 15) is 9.59 Å². The second-order valence-corrected chi connectivity index (χ2v) is 4.87. The van der Waals surface area contributed by atoms with E-state index in [1.165, 1.54) is 6.42 Å². The number of hydrogen-bond acceptors (Lipinski definition) is 4. The molecule has 3 rings (SSSR count).